The van der Waals surface area contributed by atoms with Crippen molar-refractivity contribution in [2.45, 2.75) is 32.1 Å². The van der Waals surface area contributed by atoms with Crippen molar-refractivity contribution < 1.29 is 0 Å². The lowest BCUT2D eigenvalue weighted by atomic mass is 9.76. The summed E-state index contributed by atoms with van der Waals surface area (Å²) in [5, 5.41) is 2.78. The standard InChI is InChI=1S/C18H23N/c19-13-17-8-2-1-7-15(17)12-16-10-5-9-14-6-3-4-11-18(14)16/h3-6,9-11,15,17H,1-2,7-8,12-13,19H2. The summed E-state index contributed by atoms with van der Waals surface area (Å²) in [4.78, 5) is 0. The minimum absolute atomic E-state index is 0.729. The summed E-state index contributed by atoms with van der Waals surface area (Å²) in [7, 11) is 0. The van der Waals surface area contributed by atoms with Crippen LogP contribution in [0.3, 0.4) is 0 Å². The Bertz CT molecular complexity index is 541. The van der Waals surface area contributed by atoms with Crippen molar-refractivity contribution in [1.82, 2.24) is 0 Å². The zero-order valence-electron chi connectivity index (χ0n) is 11.5. The van der Waals surface area contributed by atoms with Gasteiger partial charge in [-0.25, -0.2) is 0 Å². The highest BCUT2D eigenvalue weighted by Gasteiger charge is 2.24. The summed E-state index contributed by atoms with van der Waals surface area (Å²) < 4.78 is 0. The lowest BCUT2D eigenvalue weighted by Gasteiger charge is -2.31. The zero-order chi connectivity index (χ0) is 13.1. The maximum Gasteiger partial charge on any atom is -0.00461 e. The normalized spacial score (nSPS) is 23.6. The molecule has 2 unspecified atom stereocenters. The van der Waals surface area contributed by atoms with Crippen molar-refractivity contribution in [3.8, 4) is 0 Å². The highest BCUT2D eigenvalue weighted by Crippen LogP contribution is 2.33. The Balaban J connectivity index is 1.88. The molecule has 1 aliphatic rings. The highest BCUT2D eigenvalue weighted by molar-refractivity contribution is 5.85. The largest absolute Gasteiger partial charge is 0.330 e. The van der Waals surface area contributed by atoms with Gasteiger partial charge < -0.3 is 5.73 Å². The number of hydrogen-bond acceptors (Lipinski definition) is 1. The number of nitrogens with two attached hydrogens (primary N) is 1. The first-order valence-electron chi connectivity index (χ1n) is 7.55. The van der Waals surface area contributed by atoms with Gasteiger partial charge in [0.2, 0.25) is 0 Å². The van der Waals surface area contributed by atoms with E-state index in [1.165, 1.54) is 48.4 Å². The van der Waals surface area contributed by atoms with E-state index in [1.807, 2.05) is 0 Å². The smallest absolute Gasteiger partial charge is 0.00461 e. The maximum absolute atomic E-state index is 5.96. The van der Waals surface area contributed by atoms with Crippen LogP contribution in [0.2, 0.25) is 0 Å². The van der Waals surface area contributed by atoms with Gasteiger partial charge in [0.05, 0.1) is 0 Å². The molecule has 0 saturated heterocycles. The van der Waals surface area contributed by atoms with Gasteiger partial charge in [0.15, 0.2) is 0 Å². The molecule has 1 saturated carbocycles. The zero-order valence-corrected chi connectivity index (χ0v) is 11.5. The molecule has 0 heterocycles. The van der Waals surface area contributed by atoms with E-state index in [0.29, 0.717) is 0 Å². The molecule has 0 amide bonds. The Hall–Kier alpha value is -1.34. The lowest BCUT2D eigenvalue weighted by molar-refractivity contribution is 0.242. The second kappa shape index (κ2) is 5.75. The minimum atomic E-state index is 0.729. The average Bonchev–Trinajstić information content (AvgIpc) is 2.48. The van der Waals surface area contributed by atoms with Gasteiger partial charge in [0.25, 0.3) is 0 Å². The van der Waals surface area contributed by atoms with Gasteiger partial charge in [-0.1, -0.05) is 55.3 Å². The fourth-order valence-electron chi connectivity index (χ4n) is 3.62. The average molecular weight is 253 g/mol. The fraction of sp³-hybridized carbons (Fsp3) is 0.444. The third-order valence-electron chi connectivity index (χ3n) is 4.73. The predicted octanol–water partition coefficient (Wildman–Crippen LogP) is 4.15. The molecule has 0 spiro atoms. The Morgan fingerprint density at radius 1 is 0.895 bits per heavy atom. The molecule has 2 atom stereocenters. The summed E-state index contributed by atoms with van der Waals surface area (Å²) in [5.74, 6) is 1.51. The molecule has 2 N–H and O–H groups in total. The number of fused-ring (bicyclic) bond motifs is 1. The second-order valence-corrected chi connectivity index (χ2v) is 5.88. The van der Waals surface area contributed by atoms with Crippen LogP contribution in [-0.4, -0.2) is 6.54 Å². The van der Waals surface area contributed by atoms with E-state index in [9.17, 15) is 0 Å². The Labute approximate surface area is 115 Å². The van der Waals surface area contributed by atoms with Crippen molar-refractivity contribution in [2.24, 2.45) is 17.6 Å². The summed E-state index contributed by atoms with van der Waals surface area (Å²) in [5.41, 5.74) is 7.46. The Morgan fingerprint density at radius 2 is 1.63 bits per heavy atom. The van der Waals surface area contributed by atoms with Crippen LogP contribution in [0.5, 0.6) is 0 Å². The highest BCUT2D eigenvalue weighted by atomic mass is 14.6. The first-order valence-corrected chi connectivity index (χ1v) is 7.55. The quantitative estimate of drug-likeness (QED) is 0.873. The first kappa shape index (κ1) is 12.7. The van der Waals surface area contributed by atoms with Gasteiger partial charge >= 0.3 is 0 Å². The Kier molecular flexibility index (Phi) is 3.84. The van der Waals surface area contributed by atoms with Crippen molar-refractivity contribution in [3.05, 3.63) is 48.0 Å². The molecule has 19 heavy (non-hydrogen) atoms. The summed E-state index contributed by atoms with van der Waals surface area (Å²) >= 11 is 0. The summed E-state index contributed by atoms with van der Waals surface area (Å²) in [6.45, 7) is 0.857. The molecule has 0 radical (unpaired) electrons. The van der Waals surface area contributed by atoms with Gasteiger partial charge in [-0.2, -0.15) is 0 Å². The lowest BCUT2D eigenvalue weighted by Crippen LogP contribution is -2.28. The van der Waals surface area contributed by atoms with Crippen molar-refractivity contribution >= 4 is 10.8 Å². The molecule has 0 aromatic heterocycles. The maximum atomic E-state index is 5.96. The predicted molar refractivity (Wildman–Crippen MR) is 82.2 cm³/mol. The monoisotopic (exact) mass is 253 g/mol. The third-order valence-corrected chi connectivity index (χ3v) is 4.73. The van der Waals surface area contributed by atoms with E-state index in [2.05, 4.69) is 42.5 Å². The molecule has 1 heteroatoms. The number of benzene rings is 2. The van der Waals surface area contributed by atoms with Crippen LogP contribution in [0.4, 0.5) is 0 Å². The van der Waals surface area contributed by atoms with Gasteiger partial charge in [-0.05, 0) is 54.0 Å². The summed E-state index contributed by atoms with van der Waals surface area (Å²) in [6.07, 6.45) is 6.63. The van der Waals surface area contributed by atoms with Crippen molar-refractivity contribution in [3.63, 3.8) is 0 Å². The molecular weight excluding hydrogens is 230 g/mol. The van der Waals surface area contributed by atoms with Crippen LogP contribution in [0, 0.1) is 11.8 Å². The molecular formula is C18H23N. The summed E-state index contributed by atoms with van der Waals surface area (Å²) in [6, 6.07) is 15.4. The van der Waals surface area contributed by atoms with Gasteiger partial charge in [0.1, 0.15) is 0 Å². The van der Waals surface area contributed by atoms with Crippen LogP contribution in [-0.2, 0) is 6.42 Å². The number of hydrogen-bond donors (Lipinski definition) is 1. The van der Waals surface area contributed by atoms with E-state index in [4.69, 9.17) is 5.73 Å². The molecule has 2 aromatic carbocycles. The third kappa shape index (κ3) is 2.66. The van der Waals surface area contributed by atoms with Crippen LogP contribution in [0.25, 0.3) is 10.8 Å². The molecule has 2 aromatic rings. The molecule has 3 rings (SSSR count). The molecule has 100 valence electrons. The second-order valence-electron chi connectivity index (χ2n) is 5.88. The molecule has 1 nitrogen and oxygen atoms in total. The van der Waals surface area contributed by atoms with Crippen LogP contribution < -0.4 is 5.73 Å². The molecule has 0 aliphatic heterocycles. The topological polar surface area (TPSA) is 26.0 Å². The van der Waals surface area contributed by atoms with Gasteiger partial charge in [-0.3, -0.25) is 0 Å². The van der Waals surface area contributed by atoms with E-state index in [1.54, 1.807) is 0 Å². The minimum Gasteiger partial charge on any atom is -0.330 e. The van der Waals surface area contributed by atoms with Crippen molar-refractivity contribution in [1.29, 1.82) is 0 Å². The van der Waals surface area contributed by atoms with E-state index in [0.717, 1.165) is 18.4 Å². The fourth-order valence-corrected chi connectivity index (χ4v) is 3.62. The van der Waals surface area contributed by atoms with E-state index in [-0.39, 0.29) is 0 Å². The van der Waals surface area contributed by atoms with E-state index >= 15 is 0 Å². The molecule has 0 bridgehead atoms. The Morgan fingerprint density at radius 3 is 2.47 bits per heavy atom. The number of rotatable bonds is 3. The van der Waals surface area contributed by atoms with Gasteiger partial charge in [-0.15, -0.1) is 0 Å². The van der Waals surface area contributed by atoms with Crippen molar-refractivity contribution in [2.75, 3.05) is 6.54 Å². The first-order chi connectivity index (χ1) is 9.38. The van der Waals surface area contributed by atoms with Crippen LogP contribution in [0.1, 0.15) is 31.2 Å². The van der Waals surface area contributed by atoms with Gasteiger partial charge in [0, 0.05) is 0 Å². The van der Waals surface area contributed by atoms with Crippen LogP contribution in [0.15, 0.2) is 42.5 Å². The molecule has 1 fully saturated rings. The SMILES string of the molecule is NCC1CCCCC1Cc1cccc2ccccc12. The van der Waals surface area contributed by atoms with E-state index < -0.39 is 0 Å². The van der Waals surface area contributed by atoms with Crippen LogP contribution >= 0.6 is 0 Å². The molecule has 1 aliphatic carbocycles.